The molecule has 1 aliphatic rings. The Bertz CT molecular complexity index is 634. The molecule has 1 aliphatic carbocycles. The van der Waals surface area contributed by atoms with E-state index in [9.17, 15) is 14.0 Å². The Morgan fingerprint density at radius 3 is 2.64 bits per heavy atom. The number of hydrogen-bond acceptors (Lipinski definition) is 4. The molecule has 0 aliphatic heterocycles. The smallest absolute Gasteiger partial charge is 0.339 e. The van der Waals surface area contributed by atoms with Gasteiger partial charge in [-0.25, -0.2) is 9.18 Å². The highest BCUT2D eigenvalue weighted by Crippen LogP contribution is 2.29. The number of nitrogens with one attached hydrogen (secondary N) is 1. The molecule has 2 rings (SSSR count). The highest BCUT2D eigenvalue weighted by atomic mass is 19.1. The Labute approximate surface area is 147 Å². The topological polar surface area (TPSA) is 64.6 Å². The largest absolute Gasteiger partial charge is 0.494 e. The van der Waals surface area contributed by atoms with Crippen molar-refractivity contribution in [3.8, 4) is 5.75 Å². The molecule has 0 saturated heterocycles. The van der Waals surface area contributed by atoms with Crippen molar-refractivity contribution in [1.29, 1.82) is 0 Å². The maximum Gasteiger partial charge on any atom is 0.339 e. The van der Waals surface area contributed by atoms with Gasteiger partial charge in [0.1, 0.15) is 0 Å². The van der Waals surface area contributed by atoms with E-state index in [0.717, 1.165) is 18.9 Å². The summed E-state index contributed by atoms with van der Waals surface area (Å²) in [7, 11) is 1.34. The van der Waals surface area contributed by atoms with Gasteiger partial charge in [0.25, 0.3) is 5.91 Å². The van der Waals surface area contributed by atoms with Gasteiger partial charge in [-0.1, -0.05) is 26.7 Å². The minimum atomic E-state index is -0.943. The molecule has 6 heteroatoms. The van der Waals surface area contributed by atoms with Gasteiger partial charge in [-0.15, -0.1) is 0 Å². The zero-order valence-corrected chi connectivity index (χ0v) is 15.2. The van der Waals surface area contributed by atoms with Crippen LogP contribution in [0.1, 0.15) is 50.4 Å². The molecule has 0 aromatic heterocycles. The molecule has 1 amide bonds. The fraction of sp³-hybridized carbons (Fsp3) is 0.579. The molecule has 0 heterocycles. The summed E-state index contributed by atoms with van der Waals surface area (Å²) in [6.07, 6.45) is 2.24. The van der Waals surface area contributed by atoms with Crippen molar-refractivity contribution in [3.05, 3.63) is 29.6 Å². The second-order valence-electron chi connectivity index (χ2n) is 6.78. The van der Waals surface area contributed by atoms with Crippen molar-refractivity contribution in [2.45, 2.75) is 52.2 Å². The molecule has 1 fully saturated rings. The predicted octanol–water partition coefficient (Wildman–Crippen LogP) is 3.32. The normalized spacial score (nSPS) is 24.3. The molecule has 138 valence electrons. The van der Waals surface area contributed by atoms with E-state index in [1.54, 1.807) is 0 Å². The summed E-state index contributed by atoms with van der Waals surface area (Å²) in [5.41, 5.74) is 0.0395. The highest BCUT2D eigenvalue weighted by molar-refractivity contribution is 5.92. The molecule has 1 saturated carbocycles. The number of ether oxygens (including phenoxy) is 2. The van der Waals surface area contributed by atoms with Gasteiger partial charge in [0.05, 0.1) is 12.7 Å². The highest BCUT2D eigenvalue weighted by Gasteiger charge is 2.30. The number of halogens is 1. The van der Waals surface area contributed by atoms with Crippen LogP contribution in [-0.2, 0) is 9.53 Å². The molecule has 0 radical (unpaired) electrons. The summed E-state index contributed by atoms with van der Waals surface area (Å²) in [4.78, 5) is 24.4. The lowest BCUT2D eigenvalue weighted by molar-refractivity contribution is -0.130. The first kappa shape index (κ1) is 19.2. The van der Waals surface area contributed by atoms with Gasteiger partial charge in [-0.2, -0.15) is 0 Å². The van der Waals surface area contributed by atoms with Crippen LogP contribution in [0.4, 0.5) is 4.39 Å². The molecule has 0 bridgehead atoms. The van der Waals surface area contributed by atoms with Gasteiger partial charge >= 0.3 is 5.97 Å². The fourth-order valence-electron chi connectivity index (χ4n) is 3.16. The molecule has 1 N–H and O–H groups in total. The molecule has 1 aromatic carbocycles. The van der Waals surface area contributed by atoms with Crippen LogP contribution in [0.25, 0.3) is 0 Å². The van der Waals surface area contributed by atoms with Gasteiger partial charge in [-0.05, 0) is 43.4 Å². The number of benzene rings is 1. The quantitative estimate of drug-likeness (QED) is 0.827. The second-order valence-corrected chi connectivity index (χ2v) is 6.78. The zero-order valence-electron chi connectivity index (χ0n) is 15.2. The van der Waals surface area contributed by atoms with E-state index in [1.807, 2.05) is 0 Å². The van der Waals surface area contributed by atoms with E-state index in [1.165, 1.54) is 32.6 Å². The van der Waals surface area contributed by atoms with Crippen LogP contribution in [0.2, 0.25) is 0 Å². The average Bonchev–Trinajstić information content (AvgIpc) is 2.58. The number of methoxy groups -OCH3 is 1. The maximum atomic E-state index is 13.7. The third-order valence-corrected chi connectivity index (χ3v) is 5.08. The Morgan fingerprint density at radius 2 is 2.00 bits per heavy atom. The van der Waals surface area contributed by atoms with Crippen LogP contribution >= 0.6 is 0 Å². The molecular formula is C19H26FNO4. The van der Waals surface area contributed by atoms with Gasteiger partial charge in [-0.3, -0.25) is 4.79 Å². The van der Waals surface area contributed by atoms with Crippen molar-refractivity contribution < 1.29 is 23.5 Å². The first-order chi connectivity index (χ1) is 11.8. The van der Waals surface area contributed by atoms with Crippen LogP contribution < -0.4 is 10.1 Å². The van der Waals surface area contributed by atoms with E-state index >= 15 is 0 Å². The summed E-state index contributed by atoms with van der Waals surface area (Å²) >= 11 is 0. The van der Waals surface area contributed by atoms with Crippen LogP contribution in [0.15, 0.2) is 18.2 Å². The first-order valence-electron chi connectivity index (χ1n) is 8.68. The van der Waals surface area contributed by atoms with Gasteiger partial charge in [0.15, 0.2) is 17.7 Å². The van der Waals surface area contributed by atoms with E-state index < -0.39 is 17.9 Å². The van der Waals surface area contributed by atoms with Crippen molar-refractivity contribution in [1.82, 2.24) is 5.32 Å². The molecule has 25 heavy (non-hydrogen) atoms. The van der Waals surface area contributed by atoms with Crippen LogP contribution in [-0.4, -0.2) is 31.1 Å². The number of carbonyl (C=O) groups excluding carboxylic acids is 2. The summed E-state index contributed by atoms with van der Waals surface area (Å²) in [6, 6.07) is 3.88. The minimum absolute atomic E-state index is 0.0395. The average molecular weight is 351 g/mol. The van der Waals surface area contributed by atoms with Crippen LogP contribution in [0.3, 0.4) is 0 Å². The molecular weight excluding hydrogens is 325 g/mol. The van der Waals surface area contributed by atoms with Crippen molar-refractivity contribution in [2.24, 2.45) is 11.8 Å². The number of esters is 1. The monoisotopic (exact) mass is 351 g/mol. The summed E-state index contributed by atoms with van der Waals surface area (Å²) in [6.45, 7) is 5.83. The Morgan fingerprint density at radius 1 is 1.28 bits per heavy atom. The molecule has 4 atom stereocenters. The van der Waals surface area contributed by atoms with Crippen molar-refractivity contribution in [2.75, 3.05) is 7.11 Å². The van der Waals surface area contributed by atoms with E-state index in [2.05, 4.69) is 19.2 Å². The van der Waals surface area contributed by atoms with Crippen molar-refractivity contribution in [3.63, 3.8) is 0 Å². The Hall–Kier alpha value is -2.11. The number of hydrogen-bond donors (Lipinski definition) is 1. The number of amides is 1. The van der Waals surface area contributed by atoms with Gasteiger partial charge in [0.2, 0.25) is 0 Å². The molecule has 0 unspecified atom stereocenters. The van der Waals surface area contributed by atoms with E-state index in [-0.39, 0.29) is 23.3 Å². The summed E-state index contributed by atoms with van der Waals surface area (Å²) < 4.78 is 23.7. The standard InChI is InChI=1S/C19H26FNO4/c1-11-6-5-7-16(12(11)2)21-18(22)13(3)25-19(23)14-8-9-17(24-4)15(20)10-14/h8-13,16H,5-7H2,1-4H3,(H,21,22)/t11-,12+,13+,16-/m0/s1. The third kappa shape index (κ3) is 4.71. The van der Waals surface area contributed by atoms with Gasteiger partial charge in [0, 0.05) is 6.04 Å². The van der Waals surface area contributed by atoms with Crippen LogP contribution in [0.5, 0.6) is 5.75 Å². The van der Waals surface area contributed by atoms with Gasteiger partial charge < -0.3 is 14.8 Å². The number of carbonyl (C=O) groups is 2. The van der Waals surface area contributed by atoms with Crippen LogP contribution in [0, 0.1) is 17.7 Å². The Kier molecular flexibility index (Phi) is 6.39. The third-order valence-electron chi connectivity index (χ3n) is 5.08. The lowest BCUT2D eigenvalue weighted by Crippen LogP contribution is -2.47. The van der Waals surface area contributed by atoms with Crippen molar-refractivity contribution >= 4 is 11.9 Å². The molecule has 5 nitrogen and oxygen atoms in total. The lowest BCUT2D eigenvalue weighted by atomic mass is 9.78. The fourth-order valence-corrected chi connectivity index (χ4v) is 3.16. The first-order valence-corrected chi connectivity index (χ1v) is 8.68. The van der Waals surface area contributed by atoms with E-state index in [0.29, 0.717) is 11.8 Å². The Balaban J connectivity index is 1.94. The van der Waals surface area contributed by atoms with E-state index in [4.69, 9.17) is 9.47 Å². The summed E-state index contributed by atoms with van der Waals surface area (Å²) in [5.74, 6) is -0.736. The lowest BCUT2D eigenvalue weighted by Gasteiger charge is -2.35. The zero-order chi connectivity index (χ0) is 18.6. The minimum Gasteiger partial charge on any atom is -0.494 e. The summed E-state index contributed by atoms with van der Waals surface area (Å²) in [5, 5.41) is 2.98. The number of rotatable bonds is 5. The molecule has 0 spiro atoms. The second kappa shape index (κ2) is 8.32. The SMILES string of the molecule is COc1ccc(C(=O)O[C@H](C)C(=O)N[C@H]2CCC[C@H](C)[C@H]2C)cc1F. The predicted molar refractivity (Wildman–Crippen MR) is 91.9 cm³/mol. The molecule has 1 aromatic rings. The maximum absolute atomic E-state index is 13.7.